The highest BCUT2D eigenvalue weighted by molar-refractivity contribution is 5.78. The van der Waals surface area contributed by atoms with Gasteiger partial charge < -0.3 is 9.47 Å². The zero-order valence-electron chi connectivity index (χ0n) is 18.7. The first-order valence-corrected chi connectivity index (χ1v) is 10.2. The van der Waals surface area contributed by atoms with Gasteiger partial charge in [-0.05, 0) is 58.1 Å². The molecule has 4 bridgehead atoms. The summed E-state index contributed by atoms with van der Waals surface area (Å²) < 4.78 is 11.7. The first-order chi connectivity index (χ1) is 13.0. The van der Waals surface area contributed by atoms with Crippen LogP contribution in [0.2, 0.25) is 0 Å². The predicted molar refractivity (Wildman–Crippen MR) is 120 cm³/mol. The summed E-state index contributed by atoms with van der Waals surface area (Å²) in [7, 11) is 3.55. The van der Waals surface area contributed by atoms with Crippen molar-refractivity contribution in [3.8, 4) is 11.5 Å². The van der Waals surface area contributed by atoms with Crippen molar-refractivity contribution in [3.05, 3.63) is 57.6 Å². The van der Waals surface area contributed by atoms with E-state index >= 15 is 0 Å². The molecule has 1 aliphatic rings. The summed E-state index contributed by atoms with van der Waals surface area (Å²) in [5, 5.41) is 0. The van der Waals surface area contributed by atoms with E-state index in [1.807, 2.05) is 0 Å². The van der Waals surface area contributed by atoms with Gasteiger partial charge in [0.15, 0.2) is 0 Å². The average molecular weight is 379 g/mol. The number of methoxy groups -OCH3 is 2. The van der Waals surface area contributed by atoms with Crippen molar-refractivity contribution in [1.82, 2.24) is 0 Å². The molecule has 0 radical (unpaired) electrons. The molecule has 3 rings (SSSR count). The first-order valence-electron chi connectivity index (χ1n) is 10.2. The maximum absolute atomic E-state index is 5.84. The smallest absolute Gasteiger partial charge is 0.129 e. The molecule has 2 aromatic rings. The molecule has 0 saturated heterocycles. The van der Waals surface area contributed by atoms with Crippen LogP contribution in [0.15, 0.2) is 24.3 Å². The molecule has 0 atom stereocenters. The molecule has 2 heteroatoms. The standard InChI is InChI=1S/C26H34O2/c1-25(2,3)21-13-17-9-11-19-15-22(26(4,5)6)16-20(24(19)28-8)12-10-18(14-21)23(17)27-7/h9,11,13-16H,10,12H2,1-8H3/b11-9-. The Morgan fingerprint density at radius 1 is 0.607 bits per heavy atom. The topological polar surface area (TPSA) is 18.5 Å². The molecule has 0 amide bonds. The van der Waals surface area contributed by atoms with Crippen LogP contribution in [0.5, 0.6) is 11.5 Å². The lowest BCUT2D eigenvalue weighted by Crippen LogP contribution is -2.14. The maximum atomic E-state index is 5.84. The van der Waals surface area contributed by atoms with Crippen LogP contribution in [0.3, 0.4) is 0 Å². The summed E-state index contributed by atoms with van der Waals surface area (Å²) in [4.78, 5) is 0. The van der Waals surface area contributed by atoms with Gasteiger partial charge in [-0.1, -0.05) is 65.8 Å². The molecule has 0 saturated carbocycles. The van der Waals surface area contributed by atoms with E-state index in [-0.39, 0.29) is 10.8 Å². The van der Waals surface area contributed by atoms with Gasteiger partial charge in [-0.25, -0.2) is 0 Å². The molecule has 0 heterocycles. The molecule has 1 aliphatic carbocycles. The molecule has 0 fully saturated rings. The van der Waals surface area contributed by atoms with Gasteiger partial charge in [-0.2, -0.15) is 0 Å². The minimum absolute atomic E-state index is 0.0964. The second-order valence-corrected chi connectivity index (χ2v) is 9.85. The fourth-order valence-electron chi connectivity index (χ4n) is 3.86. The highest BCUT2D eigenvalue weighted by Crippen LogP contribution is 2.38. The Morgan fingerprint density at radius 3 is 1.25 bits per heavy atom. The molecule has 0 aromatic heterocycles. The largest absolute Gasteiger partial charge is 0.496 e. The van der Waals surface area contributed by atoms with Gasteiger partial charge in [-0.15, -0.1) is 0 Å². The van der Waals surface area contributed by atoms with E-state index in [4.69, 9.17) is 9.47 Å². The second kappa shape index (κ2) is 7.31. The van der Waals surface area contributed by atoms with E-state index in [9.17, 15) is 0 Å². The molecule has 0 unspecified atom stereocenters. The average Bonchev–Trinajstić information content (AvgIpc) is 2.61. The molecule has 0 N–H and O–H groups in total. The quantitative estimate of drug-likeness (QED) is 0.588. The lowest BCUT2D eigenvalue weighted by atomic mass is 9.82. The number of hydrogen-bond acceptors (Lipinski definition) is 2. The van der Waals surface area contributed by atoms with E-state index < -0.39 is 0 Å². The number of hydrogen-bond donors (Lipinski definition) is 0. The zero-order valence-corrected chi connectivity index (χ0v) is 18.7. The second-order valence-electron chi connectivity index (χ2n) is 9.85. The summed E-state index contributed by atoms with van der Waals surface area (Å²) in [6.07, 6.45) is 6.21. The molecular weight excluding hydrogens is 344 g/mol. The molecule has 28 heavy (non-hydrogen) atoms. The summed E-state index contributed by atoms with van der Waals surface area (Å²) in [5.74, 6) is 1.98. The normalized spacial score (nSPS) is 15.1. The lowest BCUT2D eigenvalue weighted by molar-refractivity contribution is 0.403. The zero-order chi connectivity index (χ0) is 20.7. The fourth-order valence-corrected chi connectivity index (χ4v) is 3.86. The summed E-state index contributed by atoms with van der Waals surface area (Å²) in [6.45, 7) is 13.6. The van der Waals surface area contributed by atoms with E-state index in [0.29, 0.717) is 0 Å². The van der Waals surface area contributed by atoms with Crippen LogP contribution in [-0.4, -0.2) is 14.2 Å². The third kappa shape index (κ3) is 3.97. The number of benzene rings is 2. The van der Waals surface area contributed by atoms with Gasteiger partial charge in [0.25, 0.3) is 0 Å². The van der Waals surface area contributed by atoms with Crippen LogP contribution in [0.1, 0.15) is 74.9 Å². The number of fused-ring (bicyclic) bond motifs is 4. The van der Waals surface area contributed by atoms with Crippen molar-refractivity contribution in [2.24, 2.45) is 0 Å². The first kappa shape index (κ1) is 20.5. The van der Waals surface area contributed by atoms with Gasteiger partial charge in [-0.3, -0.25) is 0 Å². The van der Waals surface area contributed by atoms with Gasteiger partial charge in [0.05, 0.1) is 14.2 Å². The van der Waals surface area contributed by atoms with Crippen LogP contribution in [0.25, 0.3) is 12.2 Å². The van der Waals surface area contributed by atoms with E-state index in [1.54, 1.807) is 14.2 Å². The van der Waals surface area contributed by atoms with Gasteiger partial charge in [0, 0.05) is 11.1 Å². The molecule has 0 spiro atoms. The van der Waals surface area contributed by atoms with Crippen LogP contribution in [-0.2, 0) is 23.7 Å². The van der Waals surface area contributed by atoms with Crippen molar-refractivity contribution in [2.75, 3.05) is 14.2 Å². The van der Waals surface area contributed by atoms with Crippen LogP contribution >= 0.6 is 0 Å². The highest BCUT2D eigenvalue weighted by atomic mass is 16.5. The minimum Gasteiger partial charge on any atom is -0.496 e. The van der Waals surface area contributed by atoms with Gasteiger partial charge in [0.2, 0.25) is 0 Å². The Labute approximate surface area is 170 Å². The van der Waals surface area contributed by atoms with E-state index in [1.165, 1.54) is 22.3 Å². The lowest BCUT2D eigenvalue weighted by Gasteiger charge is -2.25. The molecule has 2 aromatic carbocycles. The van der Waals surface area contributed by atoms with Crippen LogP contribution < -0.4 is 9.47 Å². The Hall–Kier alpha value is -2.22. The molecule has 150 valence electrons. The number of aryl methyl sites for hydroxylation is 2. The third-order valence-electron chi connectivity index (χ3n) is 5.64. The van der Waals surface area contributed by atoms with Crippen molar-refractivity contribution in [1.29, 1.82) is 0 Å². The molecular formula is C26H34O2. The van der Waals surface area contributed by atoms with Crippen LogP contribution in [0, 0.1) is 0 Å². The summed E-state index contributed by atoms with van der Waals surface area (Å²) in [5.41, 5.74) is 7.68. The molecule has 2 nitrogen and oxygen atoms in total. The Balaban J connectivity index is 2.25. The van der Waals surface area contributed by atoms with Crippen molar-refractivity contribution < 1.29 is 9.47 Å². The fraction of sp³-hybridized carbons (Fsp3) is 0.462. The maximum Gasteiger partial charge on any atom is 0.129 e. The van der Waals surface area contributed by atoms with Crippen molar-refractivity contribution in [2.45, 2.75) is 65.2 Å². The van der Waals surface area contributed by atoms with Crippen molar-refractivity contribution in [3.63, 3.8) is 0 Å². The van der Waals surface area contributed by atoms with E-state index in [2.05, 4.69) is 78.0 Å². The van der Waals surface area contributed by atoms with Crippen molar-refractivity contribution >= 4 is 12.2 Å². The Kier molecular flexibility index (Phi) is 5.36. The SMILES string of the molecule is COc1c2cc(C(C)(C)C)cc1CCc1cc(C(C)(C)C)cc(c1OC)/C=C\2. The summed E-state index contributed by atoms with van der Waals surface area (Å²) in [6, 6.07) is 9.17. The monoisotopic (exact) mass is 378 g/mol. The molecule has 0 aliphatic heterocycles. The van der Waals surface area contributed by atoms with Crippen LogP contribution in [0.4, 0.5) is 0 Å². The van der Waals surface area contributed by atoms with Gasteiger partial charge >= 0.3 is 0 Å². The highest BCUT2D eigenvalue weighted by Gasteiger charge is 2.22. The summed E-state index contributed by atoms with van der Waals surface area (Å²) >= 11 is 0. The Bertz CT molecular complexity index is 830. The predicted octanol–water partition coefficient (Wildman–Crippen LogP) is 6.57. The number of ether oxygens (including phenoxy) is 2. The van der Waals surface area contributed by atoms with Gasteiger partial charge in [0.1, 0.15) is 11.5 Å². The third-order valence-corrected chi connectivity index (χ3v) is 5.64. The van der Waals surface area contributed by atoms with E-state index in [0.717, 1.165) is 35.5 Å². The Morgan fingerprint density at radius 2 is 0.964 bits per heavy atom. The number of rotatable bonds is 2. The minimum atomic E-state index is 0.0964.